The summed E-state index contributed by atoms with van der Waals surface area (Å²) >= 11 is 0. The van der Waals surface area contributed by atoms with Crippen molar-refractivity contribution in [1.29, 1.82) is 0 Å². The molecule has 0 radical (unpaired) electrons. The van der Waals surface area contributed by atoms with Gasteiger partial charge in [0.25, 0.3) is 5.91 Å². The largest absolute Gasteiger partial charge is 0.369 e. The fourth-order valence-electron chi connectivity index (χ4n) is 5.93. The first kappa shape index (κ1) is 21.5. The fourth-order valence-corrected chi connectivity index (χ4v) is 5.93. The van der Waals surface area contributed by atoms with Gasteiger partial charge in [-0.15, -0.1) is 12.4 Å². The first-order chi connectivity index (χ1) is 15.1. The lowest BCUT2D eigenvalue weighted by molar-refractivity contribution is 0.0940. The minimum absolute atomic E-state index is 0. The van der Waals surface area contributed by atoms with Gasteiger partial charge in [-0.25, -0.2) is 0 Å². The quantitative estimate of drug-likeness (QED) is 0.754. The van der Waals surface area contributed by atoms with Crippen molar-refractivity contribution in [3.8, 4) is 0 Å². The molecule has 1 amide bonds. The molecule has 2 fully saturated rings. The maximum absolute atomic E-state index is 13.5. The summed E-state index contributed by atoms with van der Waals surface area (Å²) in [6, 6.07) is 13.2. The van der Waals surface area contributed by atoms with Crippen LogP contribution >= 0.6 is 12.4 Å². The van der Waals surface area contributed by atoms with E-state index in [2.05, 4.69) is 58.9 Å². The lowest BCUT2D eigenvalue weighted by Crippen LogP contribution is -2.45. The molecule has 1 saturated carbocycles. The van der Waals surface area contributed by atoms with E-state index in [1.54, 1.807) is 5.57 Å². The zero-order chi connectivity index (χ0) is 21.0. The third-order valence-electron chi connectivity index (χ3n) is 7.83. The summed E-state index contributed by atoms with van der Waals surface area (Å²) in [5.41, 5.74) is 7.51. The molecule has 0 bridgehead atoms. The molecule has 168 valence electrons. The molecule has 0 atom stereocenters. The van der Waals surface area contributed by atoms with Crippen LogP contribution in [-0.4, -0.2) is 37.6 Å². The molecular weight excluding hydrogens is 418 g/mol. The molecule has 3 aliphatic carbocycles. The molecule has 0 spiro atoms. The minimum atomic E-state index is -0.141. The normalized spacial score (nSPS) is 20.5. The van der Waals surface area contributed by atoms with Gasteiger partial charge < -0.3 is 15.5 Å². The van der Waals surface area contributed by atoms with Crippen LogP contribution in [0.25, 0.3) is 11.1 Å². The van der Waals surface area contributed by atoms with Gasteiger partial charge in [0.2, 0.25) is 0 Å². The lowest BCUT2D eigenvalue weighted by Gasteiger charge is -2.30. The Hall–Kier alpha value is -2.30. The van der Waals surface area contributed by atoms with E-state index in [-0.39, 0.29) is 23.9 Å². The van der Waals surface area contributed by atoms with Crippen molar-refractivity contribution in [2.45, 2.75) is 51.0 Å². The summed E-state index contributed by atoms with van der Waals surface area (Å²) in [6.45, 7) is 6.03. The van der Waals surface area contributed by atoms with E-state index >= 15 is 0 Å². The topological polar surface area (TPSA) is 44.4 Å². The third-order valence-corrected chi connectivity index (χ3v) is 7.83. The van der Waals surface area contributed by atoms with E-state index in [0.717, 1.165) is 68.7 Å². The van der Waals surface area contributed by atoms with Gasteiger partial charge in [-0.2, -0.15) is 0 Å². The number of piperazine rings is 1. The monoisotopic (exact) mass is 449 g/mol. The zero-order valence-electron chi connectivity index (χ0n) is 18.8. The Balaban J connectivity index is 0.00000216. The van der Waals surface area contributed by atoms with E-state index in [1.807, 2.05) is 0 Å². The van der Waals surface area contributed by atoms with E-state index in [4.69, 9.17) is 0 Å². The van der Waals surface area contributed by atoms with Crippen molar-refractivity contribution < 1.29 is 4.79 Å². The highest BCUT2D eigenvalue weighted by atomic mass is 35.5. The molecule has 5 heteroatoms. The Morgan fingerprint density at radius 1 is 1.03 bits per heavy atom. The molecule has 0 aromatic heterocycles. The number of hydrogen-bond donors (Lipinski definition) is 2. The van der Waals surface area contributed by atoms with Gasteiger partial charge in [0.1, 0.15) is 0 Å². The smallest absolute Gasteiger partial charge is 0.252 e. The maximum Gasteiger partial charge on any atom is 0.252 e. The van der Waals surface area contributed by atoms with E-state index in [1.165, 1.54) is 34.4 Å². The molecule has 2 aromatic carbocycles. The standard InChI is InChI=1S/C27H31N3O.ClH/c1-18-5-9-21(30-15-13-28-14-16-30)17-23(18)26(31)29-27(11-12-27)24-10-8-20-7-6-19-3-2-4-22(24)25(19)20;/h2-5,9,17,28H,6-8,10-16H2,1H3,(H,29,31);1H. The van der Waals surface area contributed by atoms with Crippen LogP contribution in [0.2, 0.25) is 0 Å². The number of nitrogens with one attached hydrogen (secondary N) is 2. The van der Waals surface area contributed by atoms with Gasteiger partial charge in [-0.3, -0.25) is 4.79 Å². The zero-order valence-corrected chi connectivity index (χ0v) is 19.6. The number of carbonyl (C=O) groups is 1. The van der Waals surface area contributed by atoms with Crippen molar-refractivity contribution in [3.63, 3.8) is 0 Å². The van der Waals surface area contributed by atoms with Crippen LogP contribution in [0.1, 0.15) is 53.6 Å². The Morgan fingerprint density at radius 3 is 2.59 bits per heavy atom. The van der Waals surface area contributed by atoms with Crippen molar-refractivity contribution in [2.24, 2.45) is 0 Å². The molecule has 6 rings (SSSR count). The summed E-state index contributed by atoms with van der Waals surface area (Å²) in [5, 5.41) is 9.84. The number of anilines is 1. The number of amides is 1. The van der Waals surface area contributed by atoms with Crippen LogP contribution in [0.15, 0.2) is 36.4 Å². The molecule has 2 aromatic rings. The van der Waals surface area contributed by atoms with Gasteiger partial charge in [-0.1, -0.05) is 29.8 Å². The van der Waals surface area contributed by atoms with Gasteiger partial charge in [-0.05, 0) is 84.7 Å². The van der Waals surface area contributed by atoms with Crippen molar-refractivity contribution in [2.75, 3.05) is 31.1 Å². The summed E-state index contributed by atoms with van der Waals surface area (Å²) in [7, 11) is 0. The Labute approximate surface area is 196 Å². The van der Waals surface area contributed by atoms with Crippen LogP contribution in [0.3, 0.4) is 0 Å². The van der Waals surface area contributed by atoms with E-state index in [9.17, 15) is 4.79 Å². The number of rotatable bonds is 4. The van der Waals surface area contributed by atoms with Crippen LogP contribution in [0.5, 0.6) is 0 Å². The average molecular weight is 450 g/mol. The highest BCUT2D eigenvalue weighted by molar-refractivity contribution is 5.98. The van der Waals surface area contributed by atoms with Crippen molar-refractivity contribution in [3.05, 3.63) is 63.5 Å². The summed E-state index contributed by atoms with van der Waals surface area (Å²) < 4.78 is 0. The first-order valence-electron chi connectivity index (χ1n) is 11.9. The fraction of sp³-hybridized carbons (Fsp3) is 0.444. The van der Waals surface area contributed by atoms with Gasteiger partial charge in [0.05, 0.1) is 5.54 Å². The molecule has 1 aliphatic heterocycles. The van der Waals surface area contributed by atoms with Crippen LogP contribution in [0, 0.1) is 6.92 Å². The first-order valence-corrected chi connectivity index (χ1v) is 11.9. The average Bonchev–Trinajstić information content (AvgIpc) is 3.45. The Kier molecular flexibility index (Phi) is 5.55. The Morgan fingerprint density at radius 2 is 1.81 bits per heavy atom. The Bertz CT molecular complexity index is 1190. The molecule has 32 heavy (non-hydrogen) atoms. The second-order valence-corrected chi connectivity index (χ2v) is 9.69. The van der Waals surface area contributed by atoms with Gasteiger partial charge >= 0.3 is 0 Å². The summed E-state index contributed by atoms with van der Waals surface area (Å²) in [4.78, 5) is 15.9. The predicted octanol–water partition coefficient (Wildman–Crippen LogP) is 2.83. The highest BCUT2D eigenvalue weighted by Gasteiger charge is 2.48. The summed E-state index contributed by atoms with van der Waals surface area (Å²) in [5.74, 6) is 0.0850. The lowest BCUT2D eigenvalue weighted by atomic mass is 9.88. The number of aryl methyl sites for hydroxylation is 2. The molecule has 4 nitrogen and oxygen atoms in total. The van der Waals surface area contributed by atoms with E-state index in [0.29, 0.717) is 0 Å². The SMILES string of the molecule is Cc1ccc(N2CCNCC2)cc1C(=O)NC1(C2=c3cccc4c3=C(CC2)CC4)CC1.Cl. The number of hydrogen-bond acceptors (Lipinski definition) is 3. The van der Waals surface area contributed by atoms with Crippen LogP contribution < -0.4 is 26.0 Å². The maximum atomic E-state index is 13.5. The van der Waals surface area contributed by atoms with Crippen LogP contribution in [-0.2, 0) is 6.42 Å². The highest BCUT2D eigenvalue weighted by Crippen LogP contribution is 2.46. The van der Waals surface area contributed by atoms with Crippen molar-refractivity contribution in [1.82, 2.24) is 10.6 Å². The molecule has 0 unspecified atom stereocenters. The van der Waals surface area contributed by atoms with E-state index < -0.39 is 0 Å². The molecule has 1 heterocycles. The molecule has 4 aliphatic rings. The number of carbonyl (C=O) groups excluding carboxylic acids is 1. The number of benzene rings is 2. The van der Waals surface area contributed by atoms with Crippen molar-refractivity contribution >= 4 is 35.1 Å². The van der Waals surface area contributed by atoms with Gasteiger partial charge in [0, 0.05) is 37.4 Å². The molecule has 1 saturated heterocycles. The second-order valence-electron chi connectivity index (χ2n) is 9.69. The summed E-state index contributed by atoms with van der Waals surface area (Å²) in [6.07, 6.45) is 6.77. The third kappa shape index (κ3) is 3.54. The number of halogens is 1. The minimum Gasteiger partial charge on any atom is -0.369 e. The molecule has 2 N–H and O–H groups in total. The molecular formula is C27H32ClN3O. The second kappa shape index (κ2) is 8.24. The van der Waals surface area contributed by atoms with Gasteiger partial charge in [0.15, 0.2) is 0 Å². The predicted molar refractivity (Wildman–Crippen MR) is 133 cm³/mol. The number of nitrogens with zero attached hydrogens (tertiary/aromatic N) is 1. The van der Waals surface area contributed by atoms with Crippen LogP contribution in [0.4, 0.5) is 5.69 Å².